The van der Waals surface area contributed by atoms with E-state index in [9.17, 15) is 9.59 Å². The van der Waals surface area contributed by atoms with Crippen molar-refractivity contribution in [3.63, 3.8) is 0 Å². The fourth-order valence-electron chi connectivity index (χ4n) is 4.34. The van der Waals surface area contributed by atoms with Crippen LogP contribution < -0.4 is 0 Å². The molecule has 1 aliphatic heterocycles. The highest BCUT2D eigenvalue weighted by atomic mass is 32.2. The number of carbonyl (C=O) groups is 2. The first-order chi connectivity index (χ1) is 15.6. The molecule has 32 heavy (non-hydrogen) atoms. The molecule has 188 valence electrons. The maximum absolute atomic E-state index is 12.5. The molecule has 1 rings (SSSR count). The van der Waals surface area contributed by atoms with Crippen molar-refractivity contribution in [2.24, 2.45) is 0 Å². The smallest absolute Gasteiger partial charge is 0.464 e. The zero-order valence-corrected chi connectivity index (χ0v) is 22.9. The van der Waals surface area contributed by atoms with Crippen molar-refractivity contribution in [3.8, 4) is 0 Å². The maximum Gasteiger partial charge on any atom is 0.464 e. The molecule has 0 amide bonds. The SMILES string of the molecule is CCCCCCCCCC[Si]1(CCCCCCCCCC)OC(=O)CCSCCC(=O)O1. The predicted octanol–water partition coefficient (Wildman–Crippen LogP) is 8.32. The van der Waals surface area contributed by atoms with E-state index in [1.54, 1.807) is 11.8 Å². The van der Waals surface area contributed by atoms with Crippen molar-refractivity contribution in [3.05, 3.63) is 0 Å². The Bertz CT molecular complexity index is 444. The summed E-state index contributed by atoms with van der Waals surface area (Å²) in [6.07, 6.45) is 20.7. The highest BCUT2D eigenvalue weighted by Gasteiger charge is 2.44. The Labute approximate surface area is 203 Å². The molecule has 0 atom stereocenters. The van der Waals surface area contributed by atoms with Gasteiger partial charge >= 0.3 is 8.56 Å². The lowest BCUT2D eigenvalue weighted by Crippen LogP contribution is -2.46. The number of unbranched alkanes of at least 4 members (excludes halogenated alkanes) is 14. The van der Waals surface area contributed by atoms with Crippen LogP contribution in [0.3, 0.4) is 0 Å². The summed E-state index contributed by atoms with van der Waals surface area (Å²) in [6.45, 7) is 4.49. The first kappa shape index (κ1) is 29.5. The highest BCUT2D eigenvalue weighted by Crippen LogP contribution is 2.29. The van der Waals surface area contributed by atoms with Crippen LogP contribution >= 0.6 is 11.8 Å². The molecule has 0 bridgehead atoms. The Morgan fingerprint density at radius 3 is 1.31 bits per heavy atom. The van der Waals surface area contributed by atoms with Crippen molar-refractivity contribution in [1.29, 1.82) is 0 Å². The topological polar surface area (TPSA) is 52.6 Å². The quantitative estimate of drug-likeness (QED) is 0.144. The summed E-state index contributed by atoms with van der Waals surface area (Å²) in [5.41, 5.74) is 0. The van der Waals surface area contributed by atoms with Gasteiger partial charge in [0.15, 0.2) is 0 Å². The van der Waals surface area contributed by atoms with Gasteiger partial charge in [0.1, 0.15) is 0 Å². The molecular weight excluding hydrogens is 436 g/mol. The third-order valence-corrected chi connectivity index (χ3v) is 10.7. The lowest BCUT2D eigenvalue weighted by molar-refractivity contribution is -0.141. The van der Waals surface area contributed by atoms with Crippen molar-refractivity contribution in [2.45, 2.75) is 142 Å². The van der Waals surface area contributed by atoms with E-state index in [4.69, 9.17) is 8.85 Å². The first-order valence-corrected chi connectivity index (χ1v) is 17.0. The van der Waals surface area contributed by atoms with Gasteiger partial charge in [-0.1, -0.05) is 104 Å². The van der Waals surface area contributed by atoms with Crippen molar-refractivity contribution >= 4 is 32.3 Å². The van der Waals surface area contributed by atoms with E-state index in [-0.39, 0.29) is 11.9 Å². The molecule has 4 nitrogen and oxygen atoms in total. The molecular formula is C26H50O4SSi. The van der Waals surface area contributed by atoms with E-state index in [0.717, 1.165) is 49.3 Å². The van der Waals surface area contributed by atoms with Gasteiger partial charge in [-0.05, 0) is 12.8 Å². The molecule has 0 unspecified atom stereocenters. The molecule has 0 aromatic heterocycles. The molecule has 0 aliphatic carbocycles. The Kier molecular flexibility index (Phi) is 18.4. The average molecular weight is 487 g/mol. The molecule has 1 saturated heterocycles. The van der Waals surface area contributed by atoms with Gasteiger partial charge in [0.2, 0.25) is 0 Å². The average Bonchev–Trinajstić information content (AvgIpc) is 2.77. The largest absolute Gasteiger partial charge is 0.485 e. The highest BCUT2D eigenvalue weighted by molar-refractivity contribution is 7.99. The van der Waals surface area contributed by atoms with Gasteiger partial charge in [-0.3, -0.25) is 9.59 Å². The van der Waals surface area contributed by atoms with Gasteiger partial charge in [-0.2, -0.15) is 11.8 Å². The number of hydrogen-bond acceptors (Lipinski definition) is 5. The van der Waals surface area contributed by atoms with Crippen LogP contribution in [0.25, 0.3) is 0 Å². The van der Waals surface area contributed by atoms with Gasteiger partial charge in [0, 0.05) is 23.6 Å². The van der Waals surface area contributed by atoms with E-state index in [0.29, 0.717) is 12.8 Å². The van der Waals surface area contributed by atoms with E-state index in [1.165, 1.54) is 77.0 Å². The van der Waals surface area contributed by atoms with Crippen molar-refractivity contribution < 1.29 is 18.4 Å². The number of rotatable bonds is 18. The maximum atomic E-state index is 12.5. The summed E-state index contributed by atoms with van der Waals surface area (Å²) in [5.74, 6) is 1.18. The van der Waals surface area contributed by atoms with Crippen LogP contribution in [0.2, 0.25) is 12.1 Å². The van der Waals surface area contributed by atoms with Crippen LogP contribution in [0, 0.1) is 0 Å². The van der Waals surface area contributed by atoms with Crippen molar-refractivity contribution in [1.82, 2.24) is 0 Å². The standard InChI is InChI=1S/C26H50O4SSi/c1-3-5-7-9-11-13-15-17-23-32(24-18-16-14-12-10-8-6-4-2)29-25(27)19-21-31-22-20-26(28)30-32/h3-24H2,1-2H3. The molecule has 0 N–H and O–H groups in total. The summed E-state index contributed by atoms with van der Waals surface area (Å²) in [5, 5.41) is 0. The second-order valence-electron chi connectivity index (χ2n) is 9.42. The summed E-state index contributed by atoms with van der Waals surface area (Å²) in [7, 11) is -2.82. The van der Waals surface area contributed by atoms with Crippen LogP contribution in [-0.4, -0.2) is 32.0 Å². The Balaban J connectivity index is 2.54. The fraction of sp³-hybridized carbons (Fsp3) is 0.923. The third-order valence-electron chi connectivity index (χ3n) is 6.32. The zero-order chi connectivity index (χ0) is 23.3. The van der Waals surface area contributed by atoms with E-state index >= 15 is 0 Å². The van der Waals surface area contributed by atoms with E-state index in [1.807, 2.05) is 0 Å². The Hall–Kier alpha value is -0.493. The third kappa shape index (κ3) is 15.4. The number of hydrogen-bond donors (Lipinski definition) is 0. The first-order valence-electron chi connectivity index (χ1n) is 13.6. The molecule has 1 fully saturated rings. The molecule has 0 aromatic carbocycles. The lowest BCUT2D eigenvalue weighted by Gasteiger charge is -2.30. The number of thioether (sulfide) groups is 1. The van der Waals surface area contributed by atoms with Gasteiger partial charge in [0.25, 0.3) is 11.9 Å². The Morgan fingerprint density at radius 2 is 0.938 bits per heavy atom. The molecule has 1 aliphatic rings. The van der Waals surface area contributed by atoms with E-state index < -0.39 is 8.56 Å². The summed E-state index contributed by atoms with van der Waals surface area (Å²) < 4.78 is 12.1. The summed E-state index contributed by atoms with van der Waals surface area (Å²) >= 11 is 1.64. The predicted molar refractivity (Wildman–Crippen MR) is 139 cm³/mol. The monoisotopic (exact) mass is 486 g/mol. The second kappa shape index (κ2) is 19.9. The van der Waals surface area contributed by atoms with Crippen LogP contribution in [-0.2, 0) is 18.4 Å². The van der Waals surface area contributed by atoms with Crippen LogP contribution in [0.1, 0.15) is 129 Å². The van der Waals surface area contributed by atoms with E-state index in [2.05, 4.69) is 13.8 Å². The van der Waals surface area contributed by atoms with Gasteiger partial charge < -0.3 is 8.85 Å². The molecule has 0 saturated carbocycles. The fourth-order valence-corrected chi connectivity index (χ4v) is 8.47. The van der Waals surface area contributed by atoms with Crippen LogP contribution in [0.5, 0.6) is 0 Å². The second-order valence-corrected chi connectivity index (χ2v) is 13.9. The molecule has 0 aromatic rings. The molecule has 0 radical (unpaired) electrons. The lowest BCUT2D eigenvalue weighted by atomic mass is 10.1. The normalized spacial score (nSPS) is 17.1. The number of carbonyl (C=O) groups excluding carboxylic acids is 2. The summed E-state index contributed by atoms with van der Waals surface area (Å²) in [4.78, 5) is 25.0. The molecule has 1 heterocycles. The van der Waals surface area contributed by atoms with Crippen LogP contribution in [0.15, 0.2) is 0 Å². The van der Waals surface area contributed by atoms with Crippen molar-refractivity contribution in [2.75, 3.05) is 11.5 Å². The zero-order valence-electron chi connectivity index (χ0n) is 21.1. The van der Waals surface area contributed by atoms with Crippen LogP contribution in [0.4, 0.5) is 0 Å². The van der Waals surface area contributed by atoms with Gasteiger partial charge in [-0.15, -0.1) is 0 Å². The minimum absolute atomic E-state index is 0.155. The minimum Gasteiger partial charge on any atom is -0.485 e. The molecule has 0 spiro atoms. The molecule has 6 heteroatoms. The Morgan fingerprint density at radius 1 is 0.594 bits per heavy atom. The van der Waals surface area contributed by atoms with Gasteiger partial charge in [0.05, 0.1) is 12.8 Å². The van der Waals surface area contributed by atoms with Gasteiger partial charge in [-0.25, -0.2) is 0 Å². The minimum atomic E-state index is -2.82. The summed E-state index contributed by atoms with van der Waals surface area (Å²) in [6, 6.07) is 1.56.